The first-order valence-electron chi connectivity index (χ1n) is 8.87. The summed E-state index contributed by atoms with van der Waals surface area (Å²) in [4.78, 5) is 30.4. The van der Waals surface area contributed by atoms with Crippen molar-refractivity contribution in [2.45, 2.75) is 26.3 Å². The molecule has 8 nitrogen and oxygen atoms in total. The molecule has 0 bridgehead atoms. The summed E-state index contributed by atoms with van der Waals surface area (Å²) < 4.78 is 4.87. The average molecular weight is 389 g/mol. The van der Waals surface area contributed by atoms with E-state index in [9.17, 15) is 9.59 Å². The number of carbonyl (C=O) groups is 2. The number of aryl methyl sites for hydroxylation is 1. The molecule has 3 rings (SSSR count). The SMILES string of the molecule is Cc1cc(NC(=O)CSCC(=O)NCc2ccc(N3CCCC3)nc2)no1. The number of anilines is 2. The van der Waals surface area contributed by atoms with E-state index in [0.717, 1.165) is 24.5 Å². The molecule has 0 radical (unpaired) electrons. The van der Waals surface area contributed by atoms with E-state index >= 15 is 0 Å². The molecule has 144 valence electrons. The zero-order valence-electron chi connectivity index (χ0n) is 15.2. The predicted octanol–water partition coefficient (Wildman–Crippen LogP) is 1.97. The van der Waals surface area contributed by atoms with E-state index < -0.39 is 0 Å². The summed E-state index contributed by atoms with van der Waals surface area (Å²) in [5.41, 5.74) is 0.954. The second kappa shape index (κ2) is 9.40. The van der Waals surface area contributed by atoms with Gasteiger partial charge in [-0.25, -0.2) is 4.98 Å². The largest absolute Gasteiger partial charge is 0.360 e. The van der Waals surface area contributed by atoms with Gasteiger partial charge in [0.05, 0.1) is 11.5 Å². The van der Waals surface area contributed by atoms with Crippen molar-refractivity contribution in [2.75, 3.05) is 34.8 Å². The summed E-state index contributed by atoms with van der Waals surface area (Å²) in [7, 11) is 0. The maximum Gasteiger partial charge on any atom is 0.235 e. The normalized spacial score (nSPS) is 13.6. The Bertz CT molecular complexity index is 772. The van der Waals surface area contributed by atoms with Gasteiger partial charge < -0.3 is 20.1 Å². The van der Waals surface area contributed by atoms with Crippen LogP contribution in [0.15, 0.2) is 28.9 Å². The van der Waals surface area contributed by atoms with Gasteiger partial charge in [-0.2, -0.15) is 0 Å². The molecule has 1 aliphatic rings. The molecule has 1 saturated heterocycles. The third-order valence-electron chi connectivity index (χ3n) is 4.09. The molecule has 27 heavy (non-hydrogen) atoms. The van der Waals surface area contributed by atoms with Gasteiger partial charge in [0.25, 0.3) is 0 Å². The van der Waals surface area contributed by atoms with Crippen LogP contribution >= 0.6 is 11.8 Å². The van der Waals surface area contributed by atoms with Crippen molar-refractivity contribution in [3.05, 3.63) is 35.7 Å². The van der Waals surface area contributed by atoms with Crippen LogP contribution in [0.4, 0.5) is 11.6 Å². The number of aromatic nitrogens is 2. The fourth-order valence-corrected chi connectivity index (χ4v) is 3.39. The molecule has 0 atom stereocenters. The fourth-order valence-electron chi connectivity index (χ4n) is 2.75. The molecule has 0 spiro atoms. The van der Waals surface area contributed by atoms with E-state index in [2.05, 4.69) is 25.7 Å². The molecule has 2 N–H and O–H groups in total. The van der Waals surface area contributed by atoms with Crippen LogP contribution in [0.25, 0.3) is 0 Å². The van der Waals surface area contributed by atoms with Gasteiger partial charge in [0, 0.05) is 31.9 Å². The molecule has 0 aromatic carbocycles. The molecular formula is C18H23N5O3S. The number of pyridine rings is 1. The van der Waals surface area contributed by atoms with Crippen molar-refractivity contribution >= 4 is 35.2 Å². The first kappa shape index (κ1) is 19.2. The molecule has 0 unspecified atom stereocenters. The van der Waals surface area contributed by atoms with Gasteiger partial charge in [-0.3, -0.25) is 9.59 Å². The third-order valence-corrected chi connectivity index (χ3v) is 5.02. The molecule has 2 aromatic heterocycles. The third kappa shape index (κ3) is 5.99. The Kier molecular flexibility index (Phi) is 6.69. The fraction of sp³-hybridized carbons (Fsp3) is 0.444. The lowest BCUT2D eigenvalue weighted by molar-refractivity contribution is -0.118. The second-order valence-corrected chi connectivity index (χ2v) is 7.34. The van der Waals surface area contributed by atoms with Gasteiger partial charge in [-0.15, -0.1) is 11.8 Å². The number of nitrogens with zero attached hydrogens (tertiary/aromatic N) is 3. The van der Waals surface area contributed by atoms with Crippen molar-refractivity contribution in [3.8, 4) is 0 Å². The Labute approximate surface area is 162 Å². The highest BCUT2D eigenvalue weighted by Crippen LogP contribution is 2.17. The minimum atomic E-state index is -0.220. The molecule has 2 amide bonds. The monoisotopic (exact) mass is 389 g/mol. The van der Waals surface area contributed by atoms with Crippen LogP contribution in [0.5, 0.6) is 0 Å². The Morgan fingerprint density at radius 2 is 2.00 bits per heavy atom. The van der Waals surface area contributed by atoms with Gasteiger partial charge in [-0.1, -0.05) is 11.2 Å². The lowest BCUT2D eigenvalue weighted by atomic mass is 10.2. The molecule has 0 saturated carbocycles. The van der Waals surface area contributed by atoms with Crippen molar-refractivity contribution in [3.63, 3.8) is 0 Å². The number of carbonyl (C=O) groups excluding carboxylic acids is 2. The standard InChI is InChI=1S/C18H23N5O3S/c1-13-8-15(22-26-13)21-18(25)12-27-11-17(24)20-10-14-4-5-16(19-9-14)23-6-2-3-7-23/h4-5,8-9H,2-3,6-7,10-12H2,1H3,(H,20,24)(H,21,22,25). The Morgan fingerprint density at radius 1 is 1.22 bits per heavy atom. The van der Waals surface area contributed by atoms with Crippen LogP contribution in [0.2, 0.25) is 0 Å². The molecule has 0 aliphatic carbocycles. The zero-order chi connectivity index (χ0) is 19.1. The number of rotatable bonds is 8. The number of hydrogen-bond donors (Lipinski definition) is 2. The Morgan fingerprint density at radius 3 is 2.67 bits per heavy atom. The van der Waals surface area contributed by atoms with Crippen molar-refractivity contribution in [1.82, 2.24) is 15.5 Å². The van der Waals surface area contributed by atoms with Gasteiger partial charge in [-0.05, 0) is 31.4 Å². The van der Waals surface area contributed by atoms with E-state index in [-0.39, 0.29) is 23.3 Å². The summed E-state index contributed by atoms with van der Waals surface area (Å²) in [6, 6.07) is 5.62. The molecule has 2 aromatic rings. The maximum atomic E-state index is 11.9. The minimum absolute atomic E-state index is 0.117. The van der Waals surface area contributed by atoms with Gasteiger partial charge >= 0.3 is 0 Å². The molecule has 3 heterocycles. The average Bonchev–Trinajstić information content (AvgIpc) is 3.32. The summed E-state index contributed by atoms with van der Waals surface area (Å²) in [5.74, 6) is 2.05. The van der Waals surface area contributed by atoms with Crippen LogP contribution in [0.3, 0.4) is 0 Å². The number of thioether (sulfide) groups is 1. The first-order valence-corrected chi connectivity index (χ1v) is 10.0. The summed E-state index contributed by atoms with van der Waals surface area (Å²) in [6.07, 6.45) is 4.23. The second-order valence-electron chi connectivity index (χ2n) is 6.36. The summed E-state index contributed by atoms with van der Waals surface area (Å²) in [5, 5.41) is 9.15. The zero-order valence-corrected chi connectivity index (χ0v) is 16.1. The number of amides is 2. The molecule has 1 fully saturated rings. The quantitative estimate of drug-likeness (QED) is 0.712. The number of hydrogen-bond acceptors (Lipinski definition) is 7. The van der Waals surface area contributed by atoms with E-state index in [0.29, 0.717) is 18.1 Å². The van der Waals surface area contributed by atoms with Gasteiger partial charge in [0.15, 0.2) is 5.82 Å². The smallest absolute Gasteiger partial charge is 0.235 e. The van der Waals surface area contributed by atoms with E-state index in [1.54, 1.807) is 19.2 Å². The lowest BCUT2D eigenvalue weighted by Gasteiger charge is -2.16. The van der Waals surface area contributed by atoms with Gasteiger partial charge in [0.2, 0.25) is 11.8 Å². The lowest BCUT2D eigenvalue weighted by Crippen LogP contribution is -2.26. The minimum Gasteiger partial charge on any atom is -0.360 e. The van der Waals surface area contributed by atoms with Crippen LogP contribution < -0.4 is 15.5 Å². The predicted molar refractivity (Wildman–Crippen MR) is 105 cm³/mol. The summed E-state index contributed by atoms with van der Waals surface area (Å²) >= 11 is 1.25. The highest BCUT2D eigenvalue weighted by atomic mass is 32.2. The topological polar surface area (TPSA) is 100 Å². The van der Waals surface area contributed by atoms with Crippen molar-refractivity contribution in [2.24, 2.45) is 0 Å². The van der Waals surface area contributed by atoms with Crippen LogP contribution in [-0.4, -0.2) is 46.6 Å². The van der Waals surface area contributed by atoms with Crippen molar-refractivity contribution < 1.29 is 14.1 Å². The number of nitrogens with one attached hydrogen (secondary N) is 2. The maximum absolute atomic E-state index is 11.9. The molecule has 1 aliphatic heterocycles. The highest BCUT2D eigenvalue weighted by molar-refractivity contribution is 8.00. The van der Waals surface area contributed by atoms with Crippen LogP contribution in [0.1, 0.15) is 24.2 Å². The Hall–Kier alpha value is -2.55. The van der Waals surface area contributed by atoms with Crippen LogP contribution in [-0.2, 0) is 16.1 Å². The highest BCUT2D eigenvalue weighted by Gasteiger charge is 2.13. The van der Waals surface area contributed by atoms with Crippen LogP contribution in [0, 0.1) is 6.92 Å². The van der Waals surface area contributed by atoms with E-state index in [4.69, 9.17) is 4.52 Å². The molecule has 9 heteroatoms. The molecular weight excluding hydrogens is 366 g/mol. The van der Waals surface area contributed by atoms with Crippen molar-refractivity contribution in [1.29, 1.82) is 0 Å². The van der Waals surface area contributed by atoms with E-state index in [1.807, 2.05) is 12.1 Å². The van der Waals surface area contributed by atoms with Gasteiger partial charge in [0.1, 0.15) is 11.6 Å². The van der Waals surface area contributed by atoms with E-state index in [1.165, 1.54) is 24.6 Å². The Balaban J connectivity index is 1.32. The first-order chi connectivity index (χ1) is 13.1. The summed E-state index contributed by atoms with van der Waals surface area (Å²) in [6.45, 7) is 4.29.